The van der Waals surface area contributed by atoms with Crippen LogP contribution in [0.25, 0.3) is 0 Å². The third-order valence-electron chi connectivity index (χ3n) is 2.31. The van der Waals surface area contributed by atoms with Crippen LogP contribution in [0.2, 0.25) is 0 Å². The molecule has 2 aliphatic heterocycles. The van der Waals surface area contributed by atoms with Crippen molar-refractivity contribution in [2.24, 2.45) is 0 Å². The molecular weight excluding hydrogens is 176 g/mol. The summed E-state index contributed by atoms with van der Waals surface area (Å²) in [6.45, 7) is 0. The minimum absolute atomic E-state index is 0.0742. The van der Waals surface area contributed by atoms with Crippen LogP contribution < -0.4 is 15.4 Å². The van der Waals surface area contributed by atoms with Crippen LogP contribution in [0.1, 0.15) is 0 Å². The first-order chi connectivity index (χ1) is 6.93. The van der Waals surface area contributed by atoms with Gasteiger partial charge in [0.2, 0.25) is 6.23 Å². The molecule has 1 unspecified atom stereocenters. The zero-order valence-corrected chi connectivity index (χ0v) is 7.53. The zero-order valence-electron chi connectivity index (χ0n) is 7.53. The normalized spacial score (nSPS) is 22.0. The van der Waals surface area contributed by atoms with Crippen LogP contribution in [0.5, 0.6) is 5.75 Å². The Balaban J connectivity index is 2.03. The summed E-state index contributed by atoms with van der Waals surface area (Å²) in [4.78, 5) is 0. The maximum absolute atomic E-state index is 5.74. The van der Waals surface area contributed by atoms with Gasteiger partial charge in [-0.05, 0) is 30.5 Å². The second-order valence-electron chi connectivity index (χ2n) is 3.27. The Morgan fingerprint density at radius 2 is 2.14 bits per heavy atom. The molecule has 2 heterocycles. The third-order valence-corrected chi connectivity index (χ3v) is 2.31. The lowest BCUT2D eigenvalue weighted by atomic mass is 10.2. The Morgan fingerprint density at radius 3 is 3.14 bits per heavy atom. The summed E-state index contributed by atoms with van der Waals surface area (Å²) in [6.07, 6.45) is 5.77. The van der Waals surface area contributed by atoms with Crippen LogP contribution in [-0.4, -0.2) is 6.23 Å². The van der Waals surface area contributed by atoms with Crippen molar-refractivity contribution in [1.82, 2.24) is 5.32 Å². The van der Waals surface area contributed by atoms with Crippen LogP contribution in [0.4, 0.5) is 5.69 Å². The minimum atomic E-state index is -0.0742. The van der Waals surface area contributed by atoms with E-state index in [2.05, 4.69) is 10.6 Å². The van der Waals surface area contributed by atoms with E-state index >= 15 is 0 Å². The van der Waals surface area contributed by atoms with Gasteiger partial charge in [0.05, 0.1) is 11.4 Å². The number of ether oxygens (including phenoxy) is 1. The number of nitrogens with one attached hydrogen (secondary N) is 2. The molecule has 0 spiro atoms. The minimum Gasteiger partial charge on any atom is -0.463 e. The van der Waals surface area contributed by atoms with E-state index in [0.29, 0.717) is 0 Å². The molecular formula is C11H10N2O. The molecule has 14 heavy (non-hydrogen) atoms. The van der Waals surface area contributed by atoms with E-state index in [9.17, 15) is 0 Å². The van der Waals surface area contributed by atoms with Crippen molar-refractivity contribution in [2.45, 2.75) is 6.23 Å². The summed E-state index contributed by atoms with van der Waals surface area (Å²) >= 11 is 0. The lowest BCUT2D eigenvalue weighted by molar-refractivity contribution is 0.209. The Bertz CT molecular complexity index is 423. The standard InChI is InChI=1S/C11H10N2O/c1-2-6-10-8(4-1)13-9-5-3-7-12-11(9)14-10/h1-7,11-13H. The van der Waals surface area contributed by atoms with Crippen molar-refractivity contribution in [3.63, 3.8) is 0 Å². The maximum atomic E-state index is 5.74. The lowest BCUT2D eigenvalue weighted by Crippen LogP contribution is -2.39. The highest BCUT2D eigenvalue weighted by Crippen LogP contribution is 2.32. The van der Waals surface area contributed by atoms with E-state index < -0.39 is 0 Å². The molecule has 0 radical (unpaired) electrons. The summed E-state index contributed by atoms with van der Waals surface area (Å²) in [6, 6.07) is 7.92. The van der Waals surface area contributed by atoms with Gasteiger partial charge in [0, 0.05) is 0 Å². The molecule has 1 aromatic rings. The van der Waals surface area contributed by atoms with Gasteiger partial charge >= 0.3 is 0 Å². The largest absolute Gasteiger partial charge is 0.463 e. The van der Waals surface area contributed by atoms with Crippen molar-refractivity contribution >= 4 is 5.69 Å². The Labute approximate surface area is 82.1 Å². The number of fused-ring (bicyclic) bond motifs is 2. The summed E-state index contributed by atoms with van der Waals surface area (Å²) in [5, 5.41) is 6.45. The summed E-state index contributed by atoms with van der Waals surface area (Å²) in [7, 11) is 0. The van der Waals surface area contributed by atoms with E-state index in [0.717, 1.165) is 17.1 Å². The van der Waals surface area contributed by atoms with E-state index in [1.165, 1.54) is 0 Å². The van der Waals surface area contributed by atoms with Gasteiger partial charge in [-0.15, -0.1) is 0 Å². The number of dihydropyridines is 1. The molecule has 3 heteroatoms. The molecule has 1 aromatic carbocycles. The molecule has 3 nitrogen and oxygen atoms in total. The number of allylic oxidation sites excluding steroid dienone is 2. The van der Waals surface area contributed by atoms with Crippen molar-refractivity contribution in [2.75, 3.05) is 5.32 Å². The predicted octanol–water partition coefficient (Wildman–Crippen LogP) is 1.82. The van der Waals surface area contributed by atoms with Crippen molar-refractivity contribution in [1.29, 1.82) is 0 Å². The fraction of sp³-hybridized carbons (Fsp3) is 0.0909. The smallest absolute Gasteiger partial charge is 0.210 e. The van der Waals surface area contributed by atoms with Crippen molar-refractivity contribution in [3.05, 3.63) is 48.3 Å². The molecule has 1 atom stereocenters. The zero-order chi connectivity index (χ0) is 9.38. The number of rotatable bonds is 0. The summed E-state index contributed by atoms with van der Waals surface area (Å²) in [5.41, 5.74) is 2.07. The predicted molar refractivity (Wildman–Crippen MR) is 54.8 cm³/mol. The second-order valence-corrected chi connectivity index (χ2v) is 3.27. The third kappa shape index (κ3) is 1.06. The average Bonchev–Trinajstić information content (AvgIpc) is 2.26. The first kappa shape index (κ1) is 7.50. The van der Waals surface area contributed by atoms with Gasteiger partial charge in [-0.1, -0.05) is 12.1 Å². The summed E-state index contributed by atoms with van der Waals surface area (Å²) in [5.74, 6) is 0.887. The fourth-order valence-electron chi connectivity index (χ4n) is 1.63. The summed E-state index contributed by atoms with van der Waals surface area (Å²) < 4.78 is 5.74. The quantitative estimate of drug-likeness (QED) is 0.648. The van der Waals surface area contributed by atoms with Crippen LogP contribution in [-0.2, 0) is 0 Å². The van der Waals surface area contributed by atoms with Gasteiger partial charge in [-0.3, -0.25) is 0 Å². The number of anilines is 1. The van der Waals surface area contributed by atoms with Gasteiger partial charge in [-0.25, -0.2) is 0 Å². The number of para-hydroxylation sites is 2. The Morgan fingerprint density at radius 1 is 1.21 bits per heavy atom. The molecule has 2 aliphatic rings. The average molecular weight is 186 g/mol. The molecule has 0 aromatic heterocycles. The van der Waals surface area contributed by atoms with Crippen LogP contribution in [0, 0.1) is 0 Å². The van der Waals surface area contributed by atoms with Gasteiger partial charge in [0.15, 0.2) is 0 Å². The fourth-order valence-corrected chi connectivity index (χ4v) is 1.63. The lowest BCUT2D eigenvalue weighted by Gasteiger charge is -2.31. The molecule has 70 valence electrons. The van der Waals surface area contributed by atoms with Gasteiger partial charge in [0.1, 0.15) is 5.75 Å². The van der Waals surface area contributed by atoms with Gasteiger partial charge in [0.25, 0.3) is 0 Å². The van der Waals surface area contributed by atoms with E-state index in [1.54, 1.807) is 0 Å². The molecule has 0 saturated carbocycles. The first-order valence-corrected chi connectivity index (χ1v) is 4.59. The monoisotopic (exact) mass is 186 g/mol. The number of hydrogen-bond donors (Lipinski definition) is 2. The highest BCUT2D eigenvalue weighted by Gasteiger charge is 2.23. The van der Waals surface area contributed by atoms with Crippen LogP contribution >= 0.6 is 0 Å². The second kappa shape index (κ2) is 2.80. The van der Waals surface area contributed by atoms with Gasteiger partial charge in [-0.2, -0.15) is 0 Å². The van der Waals surface area contributed by atoms with E-state index in [-0.39, 0.29) is 6.23 Å². The van der Waals surface area contributed by atoms with Crippen LogP contribution in [0.3, 0.4) is 0 Å². The molecule has 0 aliphatic carbocycles. The van der Waals surface area contributed by atoms with E-state index in [4.69, 9.17) is 4.74 Å². The molecule has 0 saturated heterocycles. The maximum Gasteiger partial charge on any atom is 0.210 e. The Kier molecular flexibility index (Phi) is 1.50. The molecule has 2 N–H and O–H groups in total. The molecule has 0 amide bonds. The van der Waals surface area contributed by atoms with Crippen molar-refractivity contribution in [3.8, 4) is 5.75 Å². The number of benzene rings is 1. The van der Waals surface area contributed by atoms with Gasteiger partial charge < -0.3 is 15.4 Å². The molecule has 3 rings (SSSR count). The first-order valence-electron chi connectivity index (χ1n) is 4.59. The highest BCUT2D eigenvalue weighted by atomic mass is 16.5. The van der Waals surface area contributed by atoms with Crippen molar-refractivity contribution < 1.29 is 4.74 Å². The van der Waals surface area contributed by atoms with E-state index in [1.807, 2.05) is 42.6 Å². The number of hydrogen-bond acceptors (Lipinski definition) is 3. The topological polar surface area (TPSA) is 33.3 Å². The Hall–Kier alpha value is -1.90. The SMILES string of the molecule is C1=CNC2Oc3ccccc3NC2=C1. The van der Waals surface area contributed by atoms with Crippen LogP contribution in [0.15, 0.2) is 48.3 Å². The highest BCUT2D eigenvalue weighted by molar-refractivity contribution is 5.62. The molecule has 0 bridgehead atoms. The molecule has 0 fully saturated rings.